The zero-order valence-corrected chi connectivity index (χ0v) is 12.6. The fourth-order valence-corrected chi connectivity index (χ4v) is 3.10. The van der Waals surface area contributed by atoms with Crippen LogP contribution in [0.4, 0.5) is 0 Å². The van der Waals surface area contributed by atoms with Crippen molar-refractivity contribution in [1.29, 1.82) is 0 Å². The van der Waals surface area contributed by atoms with Crippen LogP contribution in [-0.2, 0) is 16.2 Å². The zero-order valence-electron chi connectivity index (χ0n) is 11.9. The van der Waals surface area contributed by atoms with Gasteiger partial charge in [0.1, 0.15) is 17.1 Å². The number of para-hydroxylation sites is 1. The first-order valence-corrected chi connectivity index (χ1v) is 7.50. The molecule has 3 rings (SSSR count). The Morgan fingerprint density at radius 1 is 1.50 bits per heavy atom. The fourth-order valence-electron chi connectivity index (χ4n) is 2.92. The summed E-state index contributed by atoms with van der Waals surface area (Å²) in [6.07, 6.45) is 0.973. The van der Waals surface area contributed by atoms with Crippen LogP contribution in [0.2, 0.25) is 0 Å². The van der Waals surface area contributed by atoms with Crippen LogP contribution in [0.5, 0.6) is 5.75 Å². The number of rotatable bonds is 4. The number of alkyl halides is 1. The first-order chi connectivity index (χ1) is 9.69. The van der Waals surface area contributed by atoms with E-state index in [1.54, 1.807) is 0 Å². The highest BCUT2D eigenvalue weighted by Gasteiger charge is 2.35. The summed E-state index contributed by atoms with van der Waals surface area (Å²) >= 11 is 6.11. The molecular weight excluding hydrogens is 276 g/mol. The van der Waals surface area contributed by atoms with Crippen LogP contribution in [0.25, 0.3) is 11.0 Å². The molecule has 2 aromatic rings. The molecule has 1 aromatic heterocycles. The van der Waals surface area contributed by atoms with Gasteiger partial charge in [0, 0.05) is 6.61 Å². The zero-order chi connectivity index (χ0) is 14.2. The number of fused-ring (bicyclic) bond motifs is 1. The number of imidazole rings is 1. The highest BCUT2D eigenvalue weighted by molar-refractivity contribution is 6.16. The highest BCUT2D eigenvalue weighted by atomic mass is 35.5. The van der Waals surface area contributed by atoms with Gasteiger partial charge >= 0.3 is 0 Å². The first-order valence-electron chi connectivity index (χ1n) is 6.97. The quantitative estimate of drug-likeness (QED) is 0.812. The molecule has 4 nitrogen and oxygen atoms in total. The Hall–Kier alpha value is -1.26. The Labute approximate surface area is 123 Å². The third-order valence-corrected chi connectivity index (χ3v) is 4.11. The Kier molecular flexibility index (Phi) is 3.61. The molecule has 0 saturated carbocycles. The van der Waals surface area contributed by atoms with Crippen LogP contribution >= 0.6 is 11.6 Å². The molecule has 108 valence electrons. The minimum atomic E-state index is -0.0796. The summed E-state index contributed by atoms with van der Waals surface area (Å²) in [5.74, 6) is 2.08. The van der Waals surface area contributed by atoms with E-state index in [1.807, 2.05) is 19.1 Å². The van der Waals surface area contributed by atoms with Crippen LogP contribution in [0, 0.1) is 0 Å². The van der Waals surface area contributed by atoms with Crippen molar-refractivity contribution < 1.29 is 9.47 Å². The van der Waals surface area contributed by atoms with E-state index in [-0.39, 0.29) is 5.54 Å². The number of nitrogens with zero attached hydrogens (tertiary/aromatic N) is 2. The number of ether oxygens (including phenoxy) is 2. The van der Waals surface area contributed by atoms with Gasteiger partial charge in [0.2, 0.25) is 0 Å². The third kappa shape index (κ3) is 2.07. The van der Waals surface area contributed by atoms with Gasteiger partial charge in [-0.2, -0.15) is 0 Å². The maximum Gasteiger partial charge on any atom is 0.147 e. The Morgan fingerprint density at radius 2 is 2.35 bits per heavy atom. The van der Waals surface area contributed by atoms with E-state index in [4.69, 9.17) is 21.1 Å². The topological polar surface area (TPSA) is 36.3 Å². The molecule has 1 saturated heterocycles. The summed E-state index contributed by atoms with van der Waals surface area (Å²) in [4.78, 5) is 4.69. The van der Waals surface area contributed by atoms with Crippen LogP contribution < -0.4 is 4.74 Å². The van der Waals surface area contributed by atoms with Crippen molar-refractivity contribution in [2.75, 3.05) is 19.8 Å². The van der Waals surface area contributed by atoms with Gasteiger partial charge in [0.25, 0.3) is 0 Å². The maximum atomic E-state index is 6.11. The summed E-state index contributed by atoms with van der Waals surface area (Å²) in [6, 6.07) is 6.03. The average molecular weight is 295 g/mol. The van der Waals surface area contributed by atoms with Crippen molar-refractivity contribution >= 4 is 22.6 Å². The second-order valence-electron chi connectivity index (χ2n) is 5.35. The molecule has 1 atom stereocenters. The molecule has 0 radical (unpaired) electrons. The smallest absolute Gasteiger partial charge is 0.147 e. The van der Waals surface area contributed by atoms with Crippen molar-refractivity contribution in [3.63, 3.8) is 0 Å². The van der Waals surface area contributed by atoms with E-state index < -0.39 is 0 Å². The molecule has 1 aliphatic heterocycles. The van der Waals surface area contributed by atoms with Gasteiger partial charge in [0.15, 0.2) is 0 Å². The monoisotopic (exact) mass is 294 g/mol. The van der Waals surface area contributed by atoms with E-state index >= 15 is 0 Å². The lowest BCUT2D eigenvalue weighted by Crippen LogP contribution is -2.31. The summed E-state index contributed by atoms with van der Waals surface area (Å²) in [5.41, 5.74) is 1.88. The number of halogens is 1. The van der Waals surface area contributed by atoms with Gasteiger partial charge < -0.3 is 14.0 Å². The molecule has 1 aromatic carbocycles. The average Bonchev–Trinajstić information content (AvgIpc) is 3.03. The number of hydrogen-bond donors (Lipinski definition) is 0. The summed E-state index contributed by atoms with van der Waals surface area (Å²) < 4.78 is 13.5. The second kappa shape index (κ2) is 5.26. The predicted octanol–water partition coefficient (Wildman–Crippen LogP) is 3.31. The van der Waals surface area contributed by atoms with E-state index in [1.165, 1.54) is 0 Å². The molecule has 2 heterocycles. The van der Waals surface area contributed by atoms with Gasteiger partial charge in [-0.05, 0) is 32.4 Å². The molecule has 0 aliphatic carbocycles. The van der Waals surface area contributed by atoms with Crippen LogP contribution in [0.3, 0.4) is 0 Å². The Balaban J connectivity index is 2.22. The standard InChI is InChI=1S/C15H19ClN2O2/c1-3-20-12-6-4-5-11-14(12)17-13(9-16)18(11)15(2)7-8-19-10-15/h4-6H,3,7-10H2,1-2H3. The van der Waals surface area contributed by atoms with E-state index in [0.29, 0.717) is 19.1 Å². The lowest BCUT2D eigenvalue weighted by molar-refractivity contribution is 0.162. The van der Waals surface area contributed by atoms with E-state index in [9.17, 15) is 0 Å². The van der Waals surface area contributed by atoms with Crippen molar-refractivity contribution in [3.8, 4) is 5.75 Å². The Bertz CT molecular complexity index is 618. The normalized spacial score (nSPS) is 22.6. The van der Waals surface area contributed by atoms with E-state index in [0.717, 1.165) is 35.6 Å². The molecular formula is C15H19ClN2O2. The molecule has 1 fully saturated rings. The number of hydrogen-bond acceptors (Lipinski definition) is 3. The molecule has 0 spiro atoms. The molecule has 0 N–H and O–H groups in total. The van der Waals surface area contributed by atoms with Gasteiger partial charge in [0.05, 0.1) is 30.1 Å². The first kappa shape index (κ1) is 13.7. The summed E-state index contributed by atoms with van der Waals surface area (Å²) in [6.45, 7) is 6.28. The molecule has 1 aliphatic rings. The molecule has 5 heteroatoms. The van der Waals surface area contributed by atoms with Crippen molar-refractivity contribution in [3.05, 3.63) is 24.0 Å². The predicted molar refractivity (Wildman–Crippen MR) is 79.5 cm³/mol. The SMILES string of the molecule is CCOc1cccc2c1nc(CCl)n2C1(C)CCOC1. The Morgan fingerprint density at radius 3 is 3.00 bits per heavy atom. The number of aromatic nitrogens is 2. The van der Waals surface area contributed by atoms with Crippen molar-refractivity contribution in [2.45, 2.75) is 31.7 Å². The third-order valence-electron chi connectivity index (χ3n) is 3.87. The van der Waals surface area contributed by atoms with Crippen LogP contribution in [0.15, 0.2) is 18.2 Å². The largest absolute Gasteiger partial charge is 0.492 e. The van der Waals surface area contributed by atoms with Crippen molar-refractivity contribution in [1.82, 2.24) is 9.55 Å². The molecule has 20 heavy (non-hydrogen) atoms. The van der Waals surface area contributed by atoms with Gasteiger partial charge in [-0.3, -0.25) is 0 Å². The summed E-state index contributed by atoms with van der Waals surface area (Å²) in [7, 11) is 0. The second-order valence-corrected chi connectivity index (χ2v) is 5.62. The van der Waals surface area contributed by atoms with Gasteiger partial charge in [-0.25, -0.2) is 4.98 Å². The molecule has 1 unspecified atom stereocenters. The molecule has 0 amide bonds. The van der Waals surface area contributed by atoms with Gasteiger partial charge in [-0.1, -0.05) is 6.07 Å². The van der Waals surface area contributed by atoms with Crippen LogP contribution in [-0.4, -0.2) is 29.4 Å². The minimum Gasteiger partial charge on any atom is -0.492 e. The maximum absolute atomic E-state index is 6.11. The lowest BCUT2D eigenvalue weighted by Gasteiger charge is -2.26. The van der Waals surface area contributed by atoms with E-state index in [2.05, 4.69) is 22.5 Å². The summed E-state index contributed by atoms with van der Waals surface area (Å²) in [5, 5.41) is 0. The highest BCUT2D eigenvalue weighted by Crippen LogP contribution is 2.35. The van der Waals surface area contributed by atoms with Crippen molar-refractivity contribution in [2.24, 2.45) is 0 Å². The fraction of sp³-hybridized carbons (Fsp3) is 0.533. The lowest BCUT2D eigenvalue weighted by atomic mass is 10.0. The van der Waals surface area contributed by atoms with Crippen LogP contribution in [0.1, 0.15) is 26.1 Å². The number of benzene rings is 1. The minimum absolute atomic E-state index is 0.0796. The van der Waals surface area contributed by atoms with Gasteiger partial charge in [-0.15, -0.1) is 11.6 Å². The molecule has 0 bridgehead atoms.